The number of furan rings is 1. The molecule has 3 heterocycles. The summed E-state index contributed by atoms with van der Waals surface area (Å²) in [5.74, 6) is 3.64. The average Bonchev–Trinajstić information content (AvgIpc) is 3.78. The Morgan fingerprint density at radius 1 is 0.379 bits per heavy atom. The Hall–Kier alpha value is -7.64. The van der Waals surface area contributed by atoms with E-state index in [1.807, 2.05) is 133 Å². The van der Waals surface area contributed by atoms with Gasteiger partial charge in [0.15, 0.2) is 34.9 Å². The lowest BCUT2D eigenvalue weighted by molar-refractivity contribution is 0.657. The Kier molecular flexibility index (Phi) is 7.69. The van der Waals surface area contributed by atoms with Crippen LogP contribution in [0.4, 0.5) is 0 Å². The van der Waals surface area contributed by atoms with E-state index < -0.39 is 5.41 Å². The first-order chi connectivity index (χ1) is 28.5. The van der Waals surface area contributed by atoms with Gasteiger partial charge in [0, 0.05) is 44.0 Å². The molecule has 0 atom stereocenters. The number of para-hydroxylation sites is 1. The van der Waals surface area contributed by atoms with Gasteiger partial charge in [-0.1, -0.05) is 166 Å². The molecular formula is C51H34N6O. The number of hydrogen-bond acceptors (Lipinski definition) is 7. The van der Waals surface area contributed by atoms with Crippen LogP contribution in [0.25, 0.3) is 101 Å². The van der Waals surface area contributed by atoms with Crippen molar-refractivity contribution in [3.8, 4) is 79.5 Å². The molecule has 0 fully saturated rings. The van der Waals surface area contributed by atoms with E-state index in [1.165, 1.54) is 11.1 Å². The molecule has 1 aliphatic rings. The first-order valence-corrected chi connectivity index (χ1v) is 19.4. The molecule has 0 bridgehead atoms. The van der Waals surface area contributed by atoms with Gasteiger partial charge < -0.3 is 4.42 Å². The average molecular weight is 747 g/mol. The van der Waals surface area contributed by atoms with E-state index in [-0.39, 0.29) is 0 Å². The third-order valence-corrected chi connectivity index (χ3v) is 11.2. The standard InChI is InChI=1S/C51H34N6O/c1-51(2)39-29-35(49-54-45(31-17-7-3-8-18-31)52-46(55-49)32-19-9-4-10-20-32)27-28-36(39)42-40(51)30-38(44-43(42)37-25-15-16-26-41(37)58-44)50-56-47(33-21-11-5-12-22-33)53-48(57-50)34-23-13-6-14-24-34/h3-30H,1-2H3. The van der Waals surface area contributed by atoms with Gasteiger partial charge in [-0.2, -0.15) is 0 Å². The van der Waals surface area contributed by atoms with E-state index in [0.29, 0.717) is 34.9 Å². The number of fused-ring (bicyclic) bond motifs is 7. The molecule has 10 aromatic rings. The molecule has 3 aromatic heterocycles. The van der Waals surface area contributed by atoms with Crippen molar-refractivity contribution >= 4 is 21.9 Å². The van der Waals surface area contributed by atoms with Gasteiger partial charge in [-0.15, -0.1) is 0 Å². The maximum Gasteiger partial charge on any atom is 0.167 e. The van der Waals surface area contributed by atoms with Gasteiger partial charge in [0.1, 0.15) is 11.2 Å². The Bertz CT molecular complexity index is 3070. The number of rotatable bonds is 6. The molecule has 0 saturated heterocycles. The second-order valence-electron chi connectivity index (χ2n) is 15.1. The van der Waals surface area contributed by atoms with Crippen LogP contribution in [0.5, 0.6) is 0 Å². The summed E-state index contributed by atoms with van der Waals surface area (Å²) >= 11 is 0. The van der Waals surface area contributed by atoms with Gasteiger partial charge in [-0.3, -0.25) is 0 Å². The lowest BCUT2D eigenvalue weighted by Gasteiger charge is -2.22. The topological polar surface area (TPSA) is 90.5 Å². The zero-order chi connectivity index (χ0) is 38.8. The summed E-state index contributed by atoms with van der Waals surface area (Å²) in [5, 5.41) is 2.09. The normalized spacial score (nSPS) is 12.8. The number of hydrogen-bond donors (Lipinski definition) is 0. The molecule has 11 rings (SSSR count). The smallest absolute Gasteiger partial charge is 0.167 e. The van der Waals surface area contributed by atoms with Crippen LogP contribution in [0.3, 0.4) is 0 Å². The Morgan fingerprint density at radius 2 is 0.810 bits per heavy atom. The van der Waals surface area contributed by atoms with Crippen molar-refractivity contribution in [3.63, 3.8) is 0 Å². The molecule has 7 aromatic carbocycles. The summed E-state index contributed by atoms with van der Waals surface area (Å²) in [6.07, 6.45) is 0. The van der Waals surface area contributed by atoms with Crippen molar-refractivity contribution < 1.29 is 4.42 Å². The first kappa shape index (κ1) is 33.7. The van der Waals surface area contributed by atoms with Crippen LogP contribution in [0, 0.1) is 0 Å². The summed E-state index contributed by atoms with van der Waals surface area (Å²) in [5.41, 5.74) is 11.2. The number of aromatic nitrogens is 6. The minimum atomic E-state index is -0.420. The van der Waals surface area contributed by atoms with Crippen LogP contribution in [-0.4, -0.2) is 29.9 Å². The van der Waals surface area contributed by atoms with Crippen molar-refractivity contribution in [2.75, 3.05) is 0 Å². The zero-order valence-electron chi connectivity index (χ0n) is 31.8. The molecular weight excluding hydrogens is 713 g/mol. The summed E-state index contributed by atoms with van der Waals surface area (Å²) in [4.78, 5) is 30.4. The predicted molar refractivity (Wildman–Crippen MR) is 231 cm³/mol. The summed E-state index contributed by atoms with van der Waals surface area (Å²) in [6.45, 7) is 4.57. The molecule has 58 heavy (non-hydrogen) atoms. The molecule has 0 N–H and O–H groups in total. The van der Waals surface area contributed by atoms with Gasteiger partial charge in [0.05, 0.1) is 5.56 Å². The van der Waals surface area contributed by atoms with Crippen molar-refractivity contribution in [2.24, 2.45) is 0 Å². The second kappa shape index (κ2) is 13.2. The monoisotopic (exact) mass is 746 g/mol. The molecule has 0 saturated carbocycles. The third-order valence-electron chi connectivity index (χ3n) is 11.2. The van der Waals surface area contributed by atoms with Crippen molar-refractivity contribution in [1.29, 1.82) is 0 Å². The molecule has 0 unspecified atom stereocenters. The van der Waals surface area contributed by atoms with Crippen molar-refractivity contribution in [2.45, 2.75) is 19.3 Å². The fourth-order valence-corrected chi connectivity index (χ4v) is 8.27. The van der Waals surface area contributed by atoms with Crippen molar-refractivity contribution in [1.82, 2.24) is 29.9 Å². The number of benzene rings is 7. The van der Waals surface area contributed by atoms with Gasteiger partial charge in [-0.25, -0.2) is 29.9 Å². The van der Waals surface area contributed by atoms with E-state index in [4.69, 9.17) is 34.3 Å². The number of nitrogens with zero attached hydrogens (tertiary/aromatic N) is 6. The van der Waals surface area contributed by atoms with Crippen LogP contribution in [0.2, 0.25) is 0 Å². The van der Waals surface area contributed by atoms with Crippen LogP contribution in [0.1, 0.15) is 25.0 Å². The highest BCUT2D eigenvalue weighted by Gasteiger charge is 2.39. The Balaban J connectivity index is 1.13. The molecule has 1 aliphatic carbocycles. The highest BCUT2D eigenvalue weighted by molar-refractivity contribution is 6.18. The first-order valence-electron chi connectivity index (χ1n) is 19.4. The van der Waals surface area contributed by atoms with Gasteiger partial charge >= 0.3 is 0 Å². The zero-order valence-corrected chi connectivity index (χ0v) is 31.8. The summed E-state index contributed by atoms with van der Waals surface area (Å²) in [7, 11) is 0. The predicted octanol–water partition coefficient (Wildman–Crippen LogP) is 12.3. The largest absolute Gasteiger partial charge is 0.455 e. The lowest BCUT2D eigenvalue weighted by atomic mass is 9.81. The molecule has 274 valence electrons. The van der Waals surface area contributed by atoms with Gasteiger partial charge in [-0.05, 0) is 40.5 Å². The molecule has 7 heteroatoms. The highest BCUT2D eigenvalue weighted by Crippen LogP contribution is 2.55. The third kappa shape index (κ3) is 5.51. The highest BCUT2D eigenvalue weighted by atomic mass is 16.3. The fourth-order valence-electron chi connectivity index (χ4n) is 8.27. The molecule has 0 aliphatic heterocycles. The molecule has 0 radical (unpaired) electrons. The molecule has 0 spiro atoms. The van der Waals surface area contributed by atoms with Crippen molar-refractivity contribution in [3.05, 3.63) is 181 Å². The minimum absolute atomic E-state index is 0.420. The maximum absolute atomic E-state index is 6.81. The van der Waals surface area contributed by atoms with E-state index in [1.54, 1.807) is 0 Å². The lowest BCUT2D eigenvalue weighted by Crippen LogP contribution is -2.15. The second-order valence-corrected chi connectivity index (χ2v) is 15.1. The van der Waals surface area contributed by atoms with Crippen LogP contribution < -0.4 is 0 Å². The molecule has 0 amide bonds. The SMILES string of the molecule is CC1(C)c2cc(-c3nc(-c4ccccc4)nc(-c4ccccc4)n3)ccc2-c2c1cc(-c1nc(-c3ccccc3)nc(-c3ccccc3)n1)c1oc3ccccc3c21. The van der Waals surface area contributed by atoms with E-state index in [2.05, 4.69) is 50.2 Å². The van der Waals surface area contributed by atoms with Crippen LogP contribution >= 0.6 is 0 Å². The summed E-state index contributed by atoms with van der Waals surface area (Å²) < 4.78 is 6.81. The van der Waals surface area contributed by atoms with Gasteiger partial charge in [0.2, 0.25) is 0 Å². The Morgan fingerprint density at radius 3 is 1.31 bits per heavy atom. The fraction of sp³-hybridized carbons (Fsp3) is 0.0588. The Labute approximate surface area is 334 Å². The maximum atomic E-state index is 6.81. The van der Waals surface area contributed by atoms with Gasteiger partial charge in [0.25, 0.3) is 0 Å². The van der Waals surface area contributed by atoms with E-state index >= 15 is 0 Å². The van der Waals surface area contributed by atoms with Crippen LogP contribution in [-0.2, 0) is 5.41 Å². The minimum Gasteiger partial charge on any atom is -0.455 e. The van der Waals surface area contributed by atoms with E-state index in [9.17, 15) is 0 Å². The quantitative estimate of drug-likeness (QED) is 0.167. The van der Waals surface area contributed by atoms with E-state index in [0.717, 1.165) is 66.4 Å². The van der Waals surface area contributed by atoms with Crippen LogP contribution in [0.15, 0.2) is 174 Å². The molecule has 7 nitrogen and oxygen atoms in total. The summed E-state index contributed by atoms with van der Waals surface area (Å²) in [6, 6.07) is 57.4.